The zero-order valence-electron chi connectivity index (χ0n) is 9.38. The highest BCUT2D eigenvalue weighted by molar-refractivity contribution is 7.99. The first kappa shape index (κ1) is 13.2. The van der Waals surface area contributed by atoms with Gasteiger partial charge >= 0.3 is 5.97 Å². The van der Waals surface area contributed by atoms with Crippen LogP contribution >= 0.6 is 23.4 Å². The maximum absolute atomic E-state index is 12.2. The smallest absolute Gasteiger partial charge is 0.327 e. The predicted octanol–water partition coefficient (Wildman–Crippen LogP) is 1.38. The molecule has 7 heteroatoms. The van der Waals surface area contributed by atoms with E-state index in [4.69, 9.17) is 16.7 Å². The molecule has 0 aliphatic carbocycles. The molecule has 1 aliphatic rings. The number of rotatable bonds is 2. The molecule has 5 nitrogen and oxygen atoms in total. The van der Waals surface area contributed by atoms with E-state index >= 15 is 0 Å². The lowest BCUT2D eigenvalue weighted by Gasteiger charge is -2.32. The number of pyridine rings is 1. The minimum Gasteiger partial charge on any atom is -0.480 e. The largest absolute Gasteiger partial charge is 0.480 e. The zero-order valence-corrected chi connectivity index (χ0v) is 10.9. The van der Waals surface area contributed by atoms with Crippen LogP contribution in [0.2, 0.25) is 5.15 Å². The van der Waals surface area contributed by atoms with E-state index in [2.05, 4.69) is 4.98 Å². The van der Waals surface area contributed by atoms with Crippen molar-refractivity contribution in [2.24, 2.45) is 0 Å². The van der Waals surface area contributed by atoms with Crippen LogP contribution in [0.25, 0.3) is 0 Å². The van der Waals surface area contributed by atoms with Gasteiger partial charge in [-0.2, -0.15) is 11.8 Å². The minimum atomic E-state index is -0.988. The van der Waals surface area contributed by atoms with Crippen LogP contribution in [0, 0.1) is 0 Å². The molecular formula is C11H11ClN2O3S. The summed E-state index contributed by atoms with van der Waals surface area (Å²) in [4.78, 5) is 28.6. The van der Waals surface area contributed by atoms with E-state index in [9.17, 15) is 9.59 Å². The molecule has 0 saturated carbocycles. The average molecular weight is 287 g/mol. The van der Waals surface area contributed by atoms with Gasteiger partial charge in [-0.1, -0.05) is 17.7 Å². The first-order valence-electron chi connectivity index (χ1n) is 5.33. The summed E-state index contributed by atoms with van der Waals surface area (Å²) in [6, 6.07) is 3.93. The molecule has 1 amide bonds. The van der Waals surface area contributed by atoms with E-state index in [0.717, 1.165) is 5.75 Å². The molecule has 0 spiro atoms. The van der Waals surface area contributed by atoms with Crippen molar-refractivity contribution >= 4 is 35.2 Å². The van der Waals surface area contributed by atoms with Gasteiger partial charge < -0.3 is 10.0 Å². The van der Waals surface area contributed by atoms with Crippen molar-refractivity contribution in [2.75, 3.05) is 18.1 Å². The number of aromatic nitrogens is 1. The summed E-state index contributed by atoms with van der Waals surface area (Å²) in [6.07, 6.45) is 0. The van der Waals surface area contributed by atoms with Gasteiger partial charge in [-0.3, -0.25) is 4.79 Å². The Morgan fingerprint density at radius 1 is 1.50 bits per heavy atom. The summed E-state index contributed by atoms with van der Waals surface area (Å²) in [5.74, 6) is -0.236. The summed E-state index contributed by atoms with van der Waals surface area (Å²) >= 11 is 7.25. The van der Waals surface area contributed by atoms with Gasteiger partial charge in [0.15, 0.2) is 0 Å². The highest BCUT2D eigenvalue weighted by Crippen LogP contribution is 2.19. The molecule has 1 unspecified atom stereocenters. The molecule has 1 N–H and O–H groups in total. The Balaban J connectivity index is 2.23. The lowest BCUT2D eigenvalue weighted by atomic mass is 10.2. The SMILES string of the molecule is O=C(O)C1CSCCN1C(=O)c1cccc(Cl)n1. The second kappa shape index (κ2) is 5.58. The first-order valence-corrected chi connectivity index (χ1v) is 6.87. The third-order valence-corrected chi connectivity index (χ3v) is 3.84. The topological polar surface area (TPSA) is 70.5 Å². The Morgan fingerprint density at radius 3 is 2.94 bits per heavy atom. The van der Waals surface area contributed by atoms with E-state index < -0.39 is 12.0 Å². The molecule has 1 atom stereocenters. The lowest BCUT2D eigenvalue weighted by Crippen LogP contribution is -2.50. The van der Waals surface area contributed by atoms with Gasteiger partial charge in [0, 0.05) is 18.1 Å². The lowest BCUT2D eigenvalue weighted by molar-refractivity contribution is -0.141. The number of carbonyl (C=O) groups excluding carboxylic acids is 1. The van der Waals surface area contributed by atoms with Crippen LogP contribution in [0.5, 0.6) is 0 Å². The second-order valence-corrected chi connectivity index (χ2v) is 5.31. The molecule has 1 aliphatic heterocycles. The number of thioether (sulfide) groups is 1. The molecule has 0 bridgehead atoms. The molecule has 2 rings (SSSR count). The molecule has 96 valence electrons. The number of hydrogen-bond acceptors (Lipinski definition) is 4. The second-order valence-electron chi connectivity index (χ2n) is 3.77. The fourth-order valence-electron chi connectivity index (χ4n) is 1.73. The Hall–Kier alpha value is -1.27. The van der Waals surface area contributed by atoms with Gasteiger partial charge in [0.05, 0.1) is 0 Å². The Kier molecular flexibility index (Phi) is 4.08. The van der Waals surface area contributed by atoms with Crippen molar-refractivity contribution in [3.8, 4) is 0 Å². The van der Waals surface area contributed by atoms with Crippen molar-refractivity contribution in [3.63, 3.8) is 0 Å². The summed E-state index contributed by atoms with van der Waals surface area (Å²) in [5, 5.41) is 9.33. The summed E-state index contributed by atoms with van der Waals surface area (Å²) in [5.41, 5.74) is 0.181. The van der Waals surface area contributed by atoms with E-state index in [1.165, 1.54) is 22.7 Å². The van der Waals surface area contributed by atoms with Gasteiger partial charge in [-0.05, 0) is 12.1 Å². The van der Waals surface area contributed by atoms with Gasteiger partial charge in [0.25, 0.3) is 5.91 Å². The predicted molar refractivity (Wildman–Crippen MR) is 69.0 cm³/mol. The number of carboxylic acid groups (broad SMARTS) is 1. The quantitative estimate of drug-likeness (QED) is 0.832. The highest BCUT2D eigenvalue weighted by Gasteiger charge is 2.33. The average Bonchev–Trinajstić information content (AvgIpc) is 2.38. The molecule has 2 heterocycles. The number of nitrogens with zero attached hydrogens (tertiary/aromatic N) is 2. The van der Waals surface area contributed by atoms with Gasteiger partial charge in [0.2, 0.25) is 0 Å². The number of carbonyl (C=O) groups is 2. The van der Waals surface area contributed by atoms with Crippen LogP contribution in [-0.4, -0.2) is 51.0 Å². The van der Waals surface area contributed by atoms with E-state index in [1.807, 2.05) is 0 Å². The van der Waals surface area contributed by atoms with Crippen molar-refractivity contribution in [2.45, 2.75) is 6.04 Å². The standard InChI is InChI=1S/C11H11ClN2O3S/c12-9-3-1-2-7(13-9)10(15)14-4-5-18-6-8(14)11(16)17/h1-3,8H,4-6H2,(H,16,17). The fraction of sp³-hybridized carbons (Fsp3) is 0.364. The van der Waals surface area contributed by atoms with Gasteiger partial charge in [0.1, 0.15) is 16.9 Å². The minimum absolute atomic E-state index is 0.181. The molecule has 1 fully saturated rings. The molecule has 1 saturated heterocycles. The summed E-state index contributed by atoms with van der Waals surface area (Å²) in [6.45, 7) is 0.411. The summed E-state index contributed by atoms with van der Waals surface area (Å²) in [7, 11) is 0. The molecule has 0 aromatic carbocycles. The Labute approximate surface area is 113 Å². The van der Waals surface area contributed by atoms with Crippen molar-refractivity contribution in [1.82, 2.24) is 9.88 Å². The van der Waals surface area contributed by atoms with Crippen molar-refractivity contribution < 1.29 is 14.7 Å². The molecule has 1 aromatic rings. The number of halogens is 1. The number of aliphatic carboxylic acids is 1. The van der Waals surface area contributed by atoms with Crippen LogP contribution in [-0.2, 0) is 4.79 Å². The highest BCUT2D eigenvalue weighted by atomic mass is 35.5. The fourth-order valence-corrected chi connectivity index (χ4v) is 2.93. The number of carboxylic acids is 1. The normalized spacial score (nSPS) is 19.6. The maximum Gasteiger partial charge on any atom is 0.327 e. The summed E-state index contributed by atoms with van der Waals surface area (Å²) < 4.78 is 0. The van der Waals surface area contributed by atoms with E-state index in [-0.39, 0.29) is 16.8 Å². The molecule has 0 radical (unpaired) electrons. The van der Waals surface area contributed by atoms with Crippen molar-refractivity contribution in [3.05, 3.63) is 29.0 Å². The monoisotopic (exact) mass is 286 g/mol. The van der Waals surface area contributed by atoms with Crippen LogP contribution in [0.1, 0.15) is 10.5 Å². The van der Waals surface area contributed by atoms with Gasteiger partial charge in [-0.15, -0.1) is 0 Å². The van der Waals surface area contributed by atoms with Crippen LogP contribution in [0.4, 0.5) is 0 Å². The molecule has 1 aromatic heterocycles. The maximum atomic E-state index is 12.2. The van der Waals surface area contributed by atoms with E-state index in [1.54, 1.807) is 12.1 Å². The molecular weight excluding hydrogens is 276 g/mol. The van der Waals surface area contributed by atoms with Crippen LogP contribution < -0.4 is 0 Å². The third kappa shape index (κ3) is 2.76. The molecule has 18 heavy (non-hydrogen) atoms. The first-order chi connectivity index (χ1) is 8.59. The van der Waals surface area contributed by atoms with Crippen molar-refractivity contribution in [1.29, 1.82) is 0 Å². The van der Waals surface area contributed by atoms with Crippen LogP contribution in [0.3, 0.4) is 0 Å². The Morgan fingerprint density at radius 2 is 2.28 bits per heavy atom. The number of amides is 1. The van der Waals surface area contributed by atoms with Gasteiger partial charge in [-0.25, -0.2) is 9.78 Å². The Bertz CT molecular complexity index is 483. The van der Waals surface area contributed by atoms with Crippen LogP contribution in [0.15, 0.2) is 18.2 Å². The van der Waals surface area contributed by atoms with E-state index in [0.29, 0.717) is 12.3 Å². The number of hydrogen-bond donors (Lipinski definition) is 1. The third-order valence-electron chi connectivity index (χ3n) is 2.61. The zero-order chi connectivity index (χ0) is 13.1.